The molecule has 3 aliphatic rings. The molecule has 0 aromatic rings. The Bertz CT molecular complexity index is 492. The number of carboxylic acid groups (broad SMARTS) is 1. The fourth-order valence-electron chi connectivity index (χ4n) is 4.46. The molecule has 21 heavy (non-hydrogen) atoms. The molecule has 0 bridgehead atoms. The van der Waals surface area contributed by atoms with Crippen LogP contribution in [0.25, 0.3) is 0 Å². The summed E-state index contributed by atoms with van der Waals surface area (Å²) in [5.74, 6) is -1.62. The van der Waals surface area contributed by atoms with Gasteiger partial charge in [-0.05, 0) is 37.0 Å². The van der Waals surface area contributed by atoms with Crippen molar-refractivity contribution in [1.29, 1.82) is 0 Å². The molecule has 116 valence electrons. The Balaban J connectivity index is 1.89. The van der Waals surface area contributed by atoms with Crippen molar-refractivity contribution in [1.82, 2.24) is 4.90 Å². The van der Waals surface area contributed by atoms with Gasteiger partial charge in [-0.25, -0.2) is 4.79 Å². The number of aliphatic carboxylic acids is 1. The zero-order chi connectivity index (χ0) is 15.6. The molecule has 2 amide bonds. The molecule has 5 nitrogen and oxygen atoms in total. The van der Waals surface area contributed by atoms with Gasteiger partial charge >= 0.3 is 5.97 Å². The van der Waals surface area contributed by atoms with E-state index in [-0.39, 0.29) is 29.1 Å². The number of fused-ring (bicyclic) bond motifs is 1. The van der Waals surface area contributed by atoms with Crippen molar-refractivity contribution in [3.8, 4) is 0 Å². The highest BCUT2D eigenvalue weighted by molar-refractivity contribution is 6.13. The van der Waals surface area contributed by atoms with Crippen LogP contribution in [-0.2, 0) is 14.4 Å². The minimum absolute atomic E-state index is 0.257. The molecule has 2 aliphatic carbocycles. The number of nitrogens with zero attached hydrogens (tertiary/aromatic N) is 1. The number of likely N-dealkylation sites (tertiary alicyclic amines) is 1. The smallest absolute Gasteiger partial charge is 0.330 e. The van der Waals surface area contributed by atoms with E-state index in [4.69, 9.17) is 0 Å². The van der Waals surface area contributed by atoms with E-state index in [9.17, 15) is 19.5 Å². The Hall–Kier alpha value is -1.39. The van der Waals surface area contributed by atoms with Gasteiger partial charge in [0.05, 0.1) is 11.8 Å². The Kier molecular flexibility index (Phi) is 2.98. The first-order chi connectivity index (χ1) is 9.77. The zero-order valence-electron chi connectivity index (χ0n) is 12.9. The Labute approximate surface area is 124 Å². The van der Waals surface area contributed by atoms with Crippen molar-refractivity contribution in [3.63, 3.8) is 0 Å². The molecule has 2 atom stereocenters. The summed E-state index contributed by atoms with van der Waals surface area (Å²) in [5, 5.41) is 9.73. The number of carbonyl (C=O) groups excluding carboxylic acids is 2. The van der Waals surface area contributed by atoms with Gasteiger partial charge in [0, 0.05) is 0 Å². The van der Waals surface area contributed by atoms with Crippen LogP contribution in [0.2, 0.25) is 0 Å². The third-order valence-corrected chi connectivity index (χ3v) is 6.14. The molecule has 3 rings (SSSR count). The monoisotopic (exact) mass is 293 g/mol. The molecule has 0 radical (unpaired) electrons. The van der Waals surface area contributed by atoms with Gasteiger partial charge in [0.2, 0.25) is 11.8 Å². The Morgan fingerprint density at radius 3 is 2.05 bits per heavy atom. The number of piperidine rings is 1. The number of imide groups is 1. The Morgan fingerprint density at radius 1 is 1.19 bits per heavy atom. The van der Waals surface area contributed by atoms with Crippen LogP contribution >= 0.6 is 0 Å². The summed E-state index contributed by atoms with van der Waals surface area (Å²) >= 11 is 0. The second-order valence-electron chi connectivity index (χ2n) is 7.48. The Morgan fingerprint density at radius 2 is 1.67 bits per heavy atom. The molecule has 0 spiro atoms. The third kappa shape index (κ3) is 1.72. The van der Waals surface area contributed by atoms with Crippen LogP contribution in [-0.4, -0.2) is 33.3 Å². The minimum atomic E-state index is -1.29. The van der Waals surface area contributed by atoms with Crippen LogP contribution in [0.5, 0.6) is 0 Å². The van der Waals surface area contributed by atoms with E-state index in [0.717, 1.165) is 24.2 Å². The van der Waals surface area contributed by atoms with Crippen molar-refractivity contribution >= 4 is 17.8 Å². The molecule has 3 fully saturated rings. The number of rotatable bonds is 3. The second kappa shape index (κ2) is 4.31. The summed E-state index contributed by atoms with van der Waals surface area (Å²) in [5.41, 5.74) is -1.58. The number of hydrogen-bond acceptors (Lipinski definition) is 3. The summed E-state index contributed by atoms with van der Waals surface area (Å²) < 4.78 is 0. The molecule has 1 N–H and O–H groups in total. The molecule has 0 aromatic heterocycles. The van der Waals surface area contributed by atoms with Crippen molar-refractivity contribution in [2.24, 2.45) is 23.2 Å². The van der Waals surface area contributed by atoms with Gasteiger partial charge in [-0.1, -0.05) is 27.2 Å². The minimum Gasteiger partial charge on any atom is -0.479 e. The first kappa shape index (κ1) is 14.5. The first-order valence-corrected chi connectivity index (χ1v) is 7.88. The van der Waals surface area contributed by atoms with E-state index in [1.54, 1.807) is 0 Å². The summed E-state index contributed by atoms with van der Waals surface area (Å²) in [7, 11) is 0. The number of hydrogen-bond donors (Lipinski definition) is 1. The summed E-state index contributed by atoms with van der Waals surface area (Å²) in [6.45, 7) is 5.93. The SMILES string of the molecule is CCC1CCC(C(=O)O)(N2C(=O)C3C(C2=O)C3(C)C)CC1. The lowest BCUT2D eigenvalue weighted by atomic mass is 9.74. The molecule has 2 unspecified atom stereocenters. The van der Waals surface area contributed by atoms with Crippen molar-refractivity contribution < 1.29 is 19.5 Å². The fourth-order valence-corrected chi connectivity index (χ4v) is 4.46. The zero-order valence-corrected chi connectivity index (χ0v) is 12.9. The second-order valence-corrected chi connectivity index (χ2v) is 7.48. The maximum absolute atomic E-state index is 12.6. The van der Waals surface area contributed by atoms with E-state index in [0.29, 0.717) is 18.8 Å². The average molecular weight is 293 g/mol. The molecule has 1 heterocycles. The van der Waals surface area contributed by atoms with Gasteiger partial charge in [-0.2, -0.15) is 0 Å². The van der Waals surface area contributed by atoms with Gasteiger partial charge in [0.15, 0.2) is 0 Å². The maximum Gasteiger partial charge on any atom is 0.330 e. The molecule has 1 saturated heterocycles. The normalized spacial score (nSPS) is 41.1. The highest BCUT2D eigenvalue weighted by Gasteiger charge is 2.75. The predicted octanol–water partition coefficient (Wildman–Crippen LogP) is 2.05. The van der Waals surface area contributed by atoms with Crippen LogP contribution in [0.1, 0.15) is 52.9 Å². The lowest BCUT2D eigenvalue weighted by Gasteiger charge is -2.43. The summed E-state index contributed by atoms with van der Waals surface area (Å²) in [6.07, 6.45) is 3.38. The van der Waals surface area contributed by atoms with Gasteiger partial charge in [-0.15, -0.1) is 0 Å². The summed E-state index contributed by atoms with van der Waals surface area (Å²) in [6, 6.07) is 0. The third-order valence-electron chi connectivity index (χ3n) is 6.14. The molecule has 0 aromatic carbocycles. The lowest BCUT2D eigenvalue weighted by Crippen LogP contribution is -2.60. The molecule has 1 aliphatic heterocycles. The topological polar surface area (TPSA) is 74.7 Å². The average Bonchev–Trinajstić information content (AvgIpc) is 2.89. The van der Waals surface area contributed by atoms with Gasteiger partial charge in [0.1, 0.15) is 5.54 Å². The van der Waals surface area contributed by atoms with E-state index in [1.165, 1.54) is 0 Å². The highest BCUT2D eigenvalue weighted by Crippen LogP contribution is 2.64. The van der Waals surface area contributed by atoms with Crippen LogP contribution in [0.4, 0.5) is 0 Å². The standard InChI is InChI=1S/C16H23NO4/c1-4-9-5-7-16(8-6-9,14(20)21)17-12(18)10-11(13(17)19)15(10,2)3/h9-11H,4-8H2,1-3H3,(H,20,21). The molecular formula is C16H23NO4. The van der Waals surface area contributed by atoms with Crippen LogP contribution in [0.3, 0.4) is 0 Å². The van der Waals surface area contributed by atoms with Gasteiger partial charge < -0.3 is 5.11 Å². The highest BCUT2D eigenvalue weighted by atomic mass is 16.4. The molecule has 5 heteroatoms. The molecule has 2 saturated carbocycles. The maximum atomic E-state index is 12.6. The van der Waals surface area contributed by atoms with E-state index >= 15 is 0 Å². The fraction of sp³-hybridized carbons (Fsp3) is 0.812. The number of carbonyl (C=O) groups is 3. The van der Waals surface area contributed by atoms with Crippen LogP contribution in [0, 0.1) is 23.2 Å². The van der Waals surface area contributed by atoms with E-state index < -0.39 is 11.5 Å². The predicted molar refractivity (Wildman–Crippen MR) is 75.2 cm³/mol. The van der Waals surface area contributed by atoms with Crippen LogP contribution in [0.15, 0.2) is 0 Å². The van der Waals surface area contributed by atoms with Gasteiger partial charge in [0.25, 0.3) is 0 Å². The van der Waals surface area contributed by atoms with Crippen molar-refractivity contribution in [3.05, 3.63) is 0 Å². The number of amides is 2. The molecular weight excluding hydrogens is 270 g/mol. The van der Waals surface area contributed by atoms with Crippen molar-refractivity contribution in [2.75, 3.05) is 0 Å². The quantitative estimate of drug-likeness (QED) is 0.808. The first-order valence-electron chi connectivity index (χ1n) is 7.88. The van der Waals surface area contributed by atoms with Crippen LogP contribution < -0.4 is 0 Å². The lowest BCUT2D eigenvalue weighted by molar-refractivity contribution is -0.168. The van der Waals surface area contributed by atoms with E-state index in [1.807, 2.05) is 13.8 Å². The van der Waals surface area contributed by atoms with E-state index in [2.05, 4.69) is 6.92 Å². The van der Waals surface area contributed by atoms with Gasteiger partial charge in [-0.3, -0.25) is 14.5 Å². The van der Waals surface area contributed by atoms with Crippen molar-refractivity contribution in [2.45, 2.75) is 58.4 Å². The summed E-state index contributed by atoms with van der Waals surface area (Å²) in [4.78, 5) is 38.2. The largest absolute Gasteiger partial charge is 0.479 e. The number of carboxylic acids is 1.